The molecule has 0 saturated carbocycles. The minimum absolute atomic E-state index is 0.670. The maximum Gasteiger partial charge on any atom is 0.224 e. The van der Waals surface area contributed by atoms with Gasteiger partial charge in [-0.05, 0) is 19.4 Å². The molecule has 0 aliphatic rings. The molecule has 5 heteroatoms. The highest BCUT2D eigenvalue weighted by atomic mass is 16.5. The number of hydrogen-bond acceptors (Lipinski definition) is 5. The SMILES string of the molecule is CCCNc1nccc(NCCOCC)n1. The Morgan fingerprint density at radius 2 is 2.12 bits per heavy atom. The van der Waals surface area contributed by atoms with Crippen LogP contribution in [0.5, 0.6) is 0 Å². The number of nitrogens with zero attached hydrogens (tertiary/aromatic N) is 2. The Bertz CT molecular complexity index is 293. The lowest BCUT2D eigenvalue weighted by molar-refractivity contribution is 0.158. The molecule has 0 fully saturated rings. The molecule has 1 aromatic heterocycles. The molecule has 0 spiro atoms. The lowest BCUT2D eigenvalue weighted by atomic mass is 10.5. The normalized spacial score (nSPS) is 10.1. The second-order valence-corrected chi connectivity index (χ2v) is 3.32. The predicted molar refractivity (Wildman–Crippen MR) is 65.8 cm³/mol. The van der Waals surface area contributed by atoms with Crippen molar-refractivity contribution in [2.45, 2.75) is 20.3 Å². The highest BCUT2D eigenvalue weighted by molar-refractivity contribution is 5.39. The summed E-state index contributed by atoms with van der Waals surface area (Å²) in [5, 5.41) is 6.32. The molecule has 0 aliphatic carbocycles. The van der Waals surface area contributed by atoms with Crippen molar-refractivity contribution in [2.24, 2.45) is 0 Å². The van der Waals surface area contributed by atoms with Crippen molar-refractivity contribution in [2.75, 3.05) is 36.9 Å². The molecule has 0 radical (unpaired) electrons. The predicted octanol–water partition coefficient (Wildman–Crippen LogP) is 1.75. The number of ether oxygens (including phenoxy) is 1. The molecule has 0 saturated heterocycles. The van der Waals surface area contributed by atoms with Crippen LogP contribution in [0.15, 0.2) is 12.3 Å². The van der Waals surface area contributed by atoms with Crippen LogP contribution in [0.1, 0.15) is 20.3 Å². The molecule has 2 N–H and O–H groups in total. The van der Waals surface area contributed by atoms with Gasteiger partial charge in [0.05, 0.1) is 6.61 Å². The molecule has 0 amide bonds. The summed E-state index contributed by atoms with van der Waals surface area (Å²) < 4.78 is 5.23. The number of rotatable bonds is 8. The Balaban J connectivity index is 2.35. The summed E-state index contributed by atoms with van der Waals surface area (Å²) in [6, 6.07) is 1.85. The Kier molecular flexibility index (Phi) is 6.25. The van der Waals surface area contributed by atoms with Crippen molar-refractivity contribution in [1.82, 2.24) is 9.97 Å². The maximum atomic E-state index is 5.23. The van der Waals surface area contributed by atoms with Gasteiger partial charge in [-0.3, -0.25) is 0 Å². The third kappa shape index (κ3) is 4.93. The summed E-state index contributed by atoms with van der Waals surface area (Å²) in [7, 11) is 0. The summed E-state index contributed by atoms with van der Waals surface area (Å²) in [4.78, 5) is 8.45. The Hall–Kier alpha value is -1.36. The van der Waals surface area contributed by atoms with Gasteiger partial charge >= 0.3 is 0 Å². The van der Waals surface area contributed by atoms with E-state index in [0.29, 0.717) is 12.6 Å². The van der Waals surface area contributed by atoms with Crippen molar-refractivity contribution >= 4 is 11.8 Å². The standard InChI is InChI=1S/C11H20N4O/c1-3-6-13-11-14-7-5-10(15-11)12-8-9-16-4-2/h5,7H,3-4,6,8-9H2,1-2H3,(H2,12,13,14,15). The van der Waals surface area contributed by atoms with Gasteiger partial charge in [0.2, 0.25) is 5.95 Å². The Morgan fingerprint density at radius 3 is 2.88 bits per heavy atom. The molecule has 90 valence electrons. The van der Waals surface area contributed by atoms with E-state index in [1.807, 2.05) is 13.0 Å². The van der Waals surface area contributed by atoms with Crippen LogP contribution >= 0.6 is 0 Å². The van der Waals surface area contributed by atoms with Gasteiger partial charge in [-0.15, -0.1) is 0 Å². The van der Waals surface area contributed by atoms with Gasteiger partial charge in [0.15, 0.2) is 0 Å². The van der Waals surface area contributed by atoms with Crippen molar-refractivity contribution in [3.8, 4) is 0 Å². The average molecular weight is 224 g/mol. The van der Waals surface area contributed by atoms with E-state index >= 15 is 0 Å². The topological polar surface area (TPSA) is 59.1 Å². The van der Waals surface area contributed by atoms with E-state index in [1.54, 1.807) is 6.20 Å². The third-order valence-corrected chi connectivity index (χ3v) is 1.95. The quantitative estimate of drug-likeness (QED) is 0.659. The van der Waals surface area contributed by atoms with Gasteiger partial charge < -0.3 is 15.4 Å². The van der Waals surface area contributed by atoms with Gasteiger partial charge in [0.25, 0.3) is 0 Å². The second-order valence-electron chi connectivity index (χ2n) is 3.32. The molecule has 16 heavy (non-hydrogen) atoms. The zero-order valence-corrected chi connectivity index (χ0v) is 9.99. The van der Waals surface area contributed by atoms with Gasteiger partial charge in [-0.1, -0.05) is 6.92 Å². The fourth-order valence-corrected chi connectivity index (χ4v) is 1.17. The molecule has 1 aromatic rings. The van der Waals surface area contributed by atoms with E-state index in [4.69, 9.17) is 4.74 Å². The molecular formula is C11H20N4O. The maximum absolute atomic E-state index is 5.23. The van der Waals surface area contributed by atoms with Crippen LogP contribution in [0.25, 0.3) is 0 Å². The van der Waals surface area contributed by atoms with Crippen molar-refractivity contribution < 1.29 is 4.74 Å². The average Bonchev–Trinajstić information content (AvgIpc) is 2.33. The van der Waals surface area contributed by atoms with Crippen LogP contribution in [-0.2, 0) is 4.74 Å². The first kappa shape index (κ1) is 12.7. The fraction of sp³-hybridized carbons (Fsp3) is 0.636. The van der Waals surface area contributed by atoms with Crippen LogP contribution in [0.2, 0.25) is 0 Å². The van der Waals surface area contributed by atoms with Crippen molar-refractivity contribution in [3.63, 3.8) is 0 Å². The van der Waals surface area contributed by atoms with E-state index in [-0.39, 0.29) is 0 Å². The highest BCUT2D eigenvalue weighted by Gasteiger charge is 1.97. The van der Waals surface area contributed by atoms with E-state index in [2.05, 4.69) is 27.5 Å². The summed E-state index contributed by atoms with van der Waals surface area (Å²) in [6.45, 7) is 7.18. The van der Waals surface area contributed by atoms with Crippen LogP contribution in [-0.4, -0.2) is 36.3 Å². The minimum atomic E-state index is 0.670. The molecular weight excluding hydrogens is 204 g/mol. The first-order chi connectivity index (χ1) is 7.86. The van der Waals surface area contributed by atoms with Gasteiger partial charge in [-0.25, -0.2) is 4.98 Å². The molecule has 0 bridgehead atoms. The number of anilines is 2. The Morgan fingerprint density at radius 1 is 1.25 bits per heavy atom. The monoisotopic (exact) mass is 224 g/mol. The van der Waals surface area contributed by atoms with Crippen LogP contribution < -0.4 is 10.6 Å². The largest absolute Gasteiger partial charge is 0.380 e. The first-order valence-electron chi connectivity index (χ1n) is 5.75. The minimum Gasteiger partial charge on any atom is -0.380 e. The van der Waals surface area contributed by atoms with E-state index in [9.17, 15) is 0 Å². The zero-order chi connectivity index (χ0) is 11.6. The lowest BCUT2D eigenvalue weighted by Gasteiger charge is -2.07. The first-order valence-corrected chi connectivity index (χ1v) is 5.75. The molecule has 0 unspecified atom stereocenters. The third-order valence-electron chi connectivity index (χ3n) is 1.95. The lowest BCUT2D eigenvalue weighted by Crippen LogP contribution is -2.11. The number of hydrogen-bond donors (Lipinski definition) is 2. The Labute approximate surface area is 96.6 Å². The number of aromatic nitrogens is 2. The second kappa shape index (κ2) is 7.87. The van der Waals surface area contributed by atoms with Crippen molar-refractivity contribution in [3.05, 3.63) is 12.3 Å². The summed E-state index contributed by atoms with van der Waals surface area (Å²) >= 11 is 0. The van der Waals surface area contributed by atoms with Gasteiger partial charge in [0.1, 0.15) is 5.82 Å². The van der Waals surface area contributed by atoms with E-state index < -0.39 is 0 Å². The van der Waals surface area contributed by atoms with Crippen LogP contribution in [0.4, 0.5) is 11.8 Å². The fourth-order valence-electron chi connectivity index (χ4n) is 1.17. The van der Waals surface area contributed by atoms with Gasteiger partial charge in [0, 0.05) is 25.9 Å². The summed E-state index contributed by atoms with van der Waals surface area (Å²) in [5.74, 6) is 1.50. The molecule has 0 aliphatic heterocycles. The molecule has 1 rings (SSSR count). The summed E-state index contributed by atoms with van der Waals surface area (Å²) in [5.41, 5.74) is 0. The molecule has 1 heterocycles. The molecule has 5 nitrogen and oxygen atoms in total. The molecule has 0 aromatic carbocycles. The highest BCUT2D eigenvalue weighted by Crippen LogP contribution is 2.04. The van der Waals surface area contributed by atoms with E-state index in [1.165, 1.54) is 0 Å². The van der Waals surface area contributed by atoms with Gasteiger partial charge in [-0.2, -0.15) is 4.98 Å². The smallest absolute Gasteiger partial charge is 0.224 e. The molecule has 0 atom stereocenters. The van der Waals surface area contributed by atoms with Crippen molar-refractivity contribution in [1.29, 1.82) is 0 Å². The zero-order valence-electron chi connectivity index (χ0n) is 9.99. The summed E-state index contributed by atoms with van der Waals surface area (Å²) in [6.07, 6.45) is 2.80. The van der Waals surface area contributed by atoms with Crippen LogP contribution in [0, 0.1) is 0 Å². The van der Waals surface area contributed by atoms with Crippen LogP contribution in [0.3, 0.4) is 0 Å². The number of nitrogens with one attached hydrogen (secondary N) is 2. The van der Waals surface area contributed by atoms with E-state index in [0.717, 1.165) is 31.9 Å².